The van der Waals surface area contributed by atoms with Gasteiger partial charge >= 0.3 is 5.97 Å². The quantitative estimate of drug-likeness (QED) is 0.454. The van der Waals surface area contributed by atoms with Crippen molar-refractivity contribution < 1.29 is 9.53 Å². The molecule has 0 aromatic carbocycles. The standard InChI is InChI=1S/C11H15NO2/c1-4-8-12(9-5-2)10-7-11(13)14-6-3/h1-2H,6-10H2,3H3. The van der Waals surface area contributed by atoms with Crippen LogP contribution in [0.5, 0.6) is 0 Å². The molecule has 0 spiro atoms. The number of terminal acetylenes is 2. The molecule has 3 heteroatoms. The molecule has 0 aliphatic rings. The number of rotatable bonds is 6. The van der Waals surface area contributed by atoms with E-state index in [0.717, 1.165) is 0 Å². The number of hydrogen-bond donors (Lipinski definition) is 0. The van der Waals surface area contributed by atoms with Gasteiger partial charge in [-0.3, -0.25) is 9.69 Å². The Morgan fingerprint density at radius 2 is 1.93 bits per heavy atom. The minimum atomic E-state index is -0.216. The minimum Gasteiger partial charge on any atom is -0.466 e. The number of hydrogen-bond acceptors (Lipinski definition) is 3. The van der Waals surface area contributed by atoms with Crippen LogP contribution < -0.4 is 0 Å². The van der Waals surface area contributed by atoms with E-state index in [1.54, 1.807) is 6.92 Å². The smallest absolute Gasteiger partial charge is 0.307 e. The molecule has 0 aromatic rings. The van der Waals surface area contributed by atoms with Crippen LogP contribution in [0.25, 0.3) is 0 Å². The maximum Gasteiger partial charge on any atom is 0.307 e. The molecule has 0 aliphatic heterocycles. The lowest BCUT2D eigenvalue weighted by molar-refractivity contribution is -0.143. The molecular weight excluding hydrogens is 178 g/mol. The summed E-state index contributed by atoms with van der Waals surface area (Å²) in [7, 11) is 0. The molecule has 0 atom stereocenters. The highest BCUT2D eigenvalue weighted by molar-refractivity contribution is 5.69. The van der Waals surface area contributed by atoms with E-state index in [1.165, 1.54) is 0 Å². The molecule has 0 bridgehead atoms. The first kappa shape index (κ1) is 12.6. The van der Waals surface area contributed by atoms with Crippen LogP contribution in [-0.4, -0.2) is 37.1 Å². The fourth-order valence-corrected chi connectivity index (χ4v) is 0.955. The number of esters is 1. The Labute approximate surface area is 85.4 Å². The molecule has 3 nitrogen and oxygen atoms in total. The molecule has 0 unspecified atom stereocenters. The second-order valence-electron chi connectivity index (χ2n) is 2.67. The third kappa shape index (κ3) is 6.11. The van der Waals surface area contributed by atoms with Gasteiger partial charge < -0.3 is 4.74 Å². The van der Waals surface area contributed by atoms with Crippen LogP contribution in [0.15, 0.2) is 0 Å². The van der Waals surface area contributed by atoms with Gasteiger partial charge in [0.25, 0.3) is 0 Å². The molecule has 0 radical (unpaired) electrons. The molecule has 0 saturated carbocycles. The van der Waals surface area contributed by atoms with Crippen LogP contribution in [0.4, 0.5) is 0 Å². The molecule has 0 aromatic heterocycles. The zero-order valence-electron chi connectivity index (χ0n) is 8.45. The lowest BCUT2D eigenvalue weighted by atomic mass is 10.3. The molecule has 0 saturated heterocycles. The van der Waals surface area contributed by atoms with Gasteiger partial charge in [-0.25, -0.2) is 0 Å². The van der Waals surface area contributed by atoms with E-state index in [9.17, 15) is 4.79 Å². The average molecular weight is 193 g/mol. The van der Waals surface area contributed by atoms with Gasteiger partial charge in [-0.1, -0.05) is 11.8 Å². The van der Waals surface area contributed by atoms with Crippen molar-refractivity contribution in [2.24, 2.45) is 0 Å². The first-order valence-corrected chi connectivity index (χ1v) is 4.49. The van der Waals surface area contributed by atoms with Crippen LogP contribution >= 0.6 is 0 Å². The predicted molar refractivity (Wildman–Crippen MR) is 55.4 cm³/mol. The monoisotopic (exact) mass is 193 g/mol. The zero-order valence-corrected chi connectivity index (χ0v) is 8.45. The lowest BCUT2D eigenvalue weighted by Gasteiger charge is -2.15. The molecular formula is C11H15NO2. The second kappa shape index (κ2) is 8.16. The predicted octanol–water partition coefficient (Wildman–Crippen LogP) is 0.508. The molecule has 76 valence electrons. The van der Waals surface area contributed by atoms with Gasteiger partial charge in [0.15, 0.2) is 0 Å². The largest absolute Gasteiger partial charge is 0.466 e. The van der Waals surface area contributed by atoms with E-state index >= 15 is 0 Å². The molecule has 14 heavy (non-hydrogen) atoms. The second-order valence-corrected chi connectivity index (χ2v) is 2.67. The van der Waals surface area contributed by atoms with Gasteiger partial charge in [-0.15, -0.1) is 12.8 Å². The normalized spacial score (nSPS) is 9.14. The molecule has 0 amide bonds. The zero-order chi connectivity index (χ0) is 10.8. The molecule has 0 rings (SSSR count). The van der Waals surface area contributed by atoms with Gasteiger partial charge in [0, 0.05) is 6.54 Å². The van der Waals surface area contributed by atoms with E-state index in [-0.39, 0.29) is 5.97 Å². The number of carbonyl (C=O) groups is 1. The Morgan fingerprint density at radius 1 is 1.36 bits per heavy atom. The summed E-state index contributed by atoms with van der Waals surface area (Å²) in [5, 5.41) is 0. The maximum absolute atomic E-state index is 11.0. The third-order valence-corrected chi connectivity index (χ3v) is 1.57. The van der Waals surface area contributed by atoms with Crippen LogP contribution in [0.1, 0.15) is 13.3 Å². The Bertz CT molecular complexity index is 231. The van der Waals surface area contributed by atoms with Gasteiger partial charge in [-0.2, -0.15) is 0 Å². The summed E-state index contributed by atoms with van der Waals surface area (Å²) < 4.78 is 4.78. The highest BCUT2D eigenvalue weighted by Gasteiger charge is 2.06. The van der Waals surface area contributed by atoms with E-state index in [4.69, 9.17) is 17.6 Å². The topological polar surface area (TPSA) is 29.5 Å². The molecule has 0 N–H and O–H groups in total. The van der Waals surface area contributed by atoms with Crippen molar-refractivity contribution in [2.45, 2.75) is 13.3 Å². The Hall–Kier alpha value is -1.45. The van der Waals surface area contributed by atoms with Crippen LogP contribution in [0, 0.1) is 24.7 Å². The Kier molecular flexibility index (Phi) is 7.32. The van der Waals surface area contributed by atoms with Gasteiger partial charge in [0.2, 0.25) is 0 Å². The van der Waals surface area contributed by atoms with E-state index in [0.29, 0.717) is 32.7 Å². The maximum atomic E-state index is 11.0. The van der Waals surface area contributed by atoms with Gasteiger partial charge in [0.05, 0.1) is 26.1 Å². The highest BCUT2D eigenvalue weighted by atomic mass is 16.5. The number of ether oxygens (including phenoxy) is 1. The molecule has 0 fully saturated rings. The average Bonchev–Trinajstić information content (AvgIpc) is 2.15. The van der Waals surface area contributed by atoms with Gasteiger partial charge in [0.1, 0.15) is 0 Å². The van der Waals surface area contributed by atoms with Crippen LogP contribution in [-0.2, 0) is 9.53 Å². The summed E-state index contributed by atoms with van der Waals surface area (Å²) in [5.74, 6) is 4.76. The third-order valence-electron chi connectivity index (χ3n) is 1.57. The number of nitrogens with zero attached hydrogens (tertiary/aromatic N) is 1. The van der Waals surface area contributed by atoms with Crippen molar-refractivity contribution in [3.05, 3.63) is 0 Å². The fraction of sp³-hybridized carbons (Fsp3) is 0.545. The highest BCUT2D eigenvalue weighted by Crippen LogP contribution is 1.92. The molecule has 0 aliphatic carbocycles. The number of carbonyl (C=O) groups excluding carboxylic acids is 1. The SMILES string of the molecule is C#CCN(CC#C)CCC(=O)OCC. The van der Waals surface area contributed by atoms with Crippen molar-refractivity contribution in [3.8, 4) is 24.7 Å². The van der Waals surface area contributed by atoms with Crippen molar-refractivity contribution in [1.82, 2.24) is 4.90 Å². The van der Waals surface area contributed by atoms with Crippen LogP contribution in [0.3, 0.4) is 0 Å². The van der Waals surface area contributed by atoms with Gasteiger partial charge in [-0.05, 0) is 6.92 Å². The molecule has 0 heterocycles. The Morgan fingerprint density at radius 3 is 2.36 bits per heavy atom. The summed E-state index contributed by atoms with van der Waals surface area (Å²) in [6, 6.07) is 0. The summed E-state index contributed by atoms with van der Waals surface area (Å²) in [6.45, 7) is 3.65. The first-order chi connectivity index (χ1) is 6.74. The fourth-order valence-electron chi connectivity index (χ4n) is 0.955. The summed E-state index contributed by atoms with van der Waals surface area (Å²) in [6.07, 6.45) is 10.6. The van der Waals surface area contributed by atoms with Crippen molar-refractivity contribution >= 4 is 5.97 Å². The summed E-state index contributed by atoms with van der Waals surface area (Å²) in [5.41, 5.74) is 0. The van der Waals surface area contributed by atoms with E-state index in [2.05, 4.69) is 11.8 Å². The van der Waals surface area contributed by atoms with E-state index in [1.807, 2.05) is 4.90 Å². The van der Waals surface area contributed by atoms with Crippen molar-refractivity contribution in [2.75, 3.05) is 26.2 Å². The lowest BCUT2D eigenvalue weighted by Crippen LogP contribution is -2.27. The summed E-state index contributed by atoms with van der Waals surface area (Å²) >= 11 is 0. The minimum absolute atomic E-state index is 0.216. The van der Waals surface area contributed by atoms with Crippen molar-refractivity contribution in [3.63, 3.8) is 0 Å². The van der Waals surface area contributed by atoms with E-state index < -0.39 is 0 Å². The Balaban J connectivity index is 3.77. The van der Waals surface area contributed by atoms with Crippen LogP contribution in [0.2, 0.25) is 0 Å². The van der Waals surface area contributed by atoms with Crippen molar-refractivity contribution in [1.29, 1.82) is 0 Å². The first-order valence-electron chi connectivity index (χ1n) is 4.49. The summed E-state index contributed by atoms with van der Waals surface area (Å²) in [4.78, 5) is 12.8.